The number of carbonyl (C=O) groups is 1. The van der Waals surface area contributed by atoms with Crippen molar-refractivity contribution in [3.05, 3.63) is 35.9 Å². The van der Waals surface area contributed by atoms with Crippen molar-refractivity contribution >= 4 is 5.91 Å². The summed E-state index contributed by atoms with van der Waals surface area (Å²) in [5, 5.41) is 0. The number of hydrogen-bond donors (Lipinski definition) is 1. The molecule has 0 saturated carbocycles. The predicted molar refractivity (Wildman–Crippen MR) is 81.8 cm³/mol. The fourth-order valence-electron chi connectivity index (χ4n) is 3.66. The number of hydrogen-bond acceptors (Lipinski definition) is 3. The molecule has 1 unspecified atom stereocenters. The number of nitrogens with zero attached hydrogens (tertiary/aromatic N) is 1. The van der Waals surface area contributed by atoms with E-state index in [4.69, 9.17) is 10.5 Å². The van der Waals surface area contributed by atoms with Crippen LogP contribution in [0.2, 0.25) is 0 Å². The van der Waals surface area contributed by atoms with E-state index in [1.54, 1.807) is 0 Å². The third kappa shape index (κ3) is 3.63. The molecule has 1 aromatic rings. The Morgan fingerprint density at radius 1 is 1.29 bits per heavy atom. The first kappa shape index (κ1) is 14.5. The number of benzene rings is 1. The fourth-order valence-corrected chi connectivity index (χ4v) is 3.66. The van der Waals surface area contributed by atoms with Crippen molar-refractivity contribution in [2.45, 2.75) is 31.8 Å². The van der Waals surface area contributed by atoms with Crippen LogP contribution >= 0.6 is 0 Å². The second kappa shape index (κ2) is 6.16. The van der Waals surface area contributed by atoms with E-state index in [9.17, 15) is 4.79 Å². The largest absolute Gasteiger partial charge is 0.377 e. The molecular formula is C17H24N2O2. The third-order valence-corrected chi connectivity index (χ3v) is 4.89. The Balaban J connectivity index is 1.52. The minimum Gasteiger partial charge on any atom is -0.377 e. The van der Waals surface area contributed by atoms with Gasteiger partial charge in [0.05, 0.1) is 19.3 Å². The van der Waals surface area contributed by atoms with Crippen LogP contribution in [-0.4, -0.2) is 43.2 Å². The molecule has 3 rings (SSSR count). The summed E-state index contributed by atoms with van der Waals surface area (Å²) in [4.78, 5) is 13.2. The van der Waals surface area contributed by atoms with Gasteiger partial charge >= 0.3 is 0 Å². The standard InChI is InChI=1S/C17H24N2O2/c18-16(20)12-19-8-6-17(7-9-19)11-15(21-13-17)10-14-4-2-1-3-5-14/h1-5,15H,6-13H2,(H2,18,20). The van der Waals surface area contributed by atoms with Gasteiger partial charge in [-0.2, -0.15) is 0 Å². The normalized spacial score (nSPS) is 25.2. The third-order valence-electron chi connectivity index (χ3n) is 4.89. The topological polar surface area (TPSA) is 55.6 Å². The van der Waals surface area contributed by atoms with Crippen LogP contribution in [-0.2, 0) is 16.0 Å². The first-order chi connectivity index (χ1) is 10.2. The number of rotatable bonds is 4. The maximum absolute atomic E-state index is 11.0. The van der Waals surface area contributed by atoms with E-state index in [1.807, 2.05) is 0 Å². The van der Waals surface area contributed by atoms with Crippen molar-refractivity contribution in [3.63, 3.8) is 0 Å². The van der Waals surface area contributed by atoms with Crippen LogP contribution in [0.5, 0.6) is 0 Å². The van der Waals surface area contributed by atoms with Gasteiger partial charge in [0.15, 0.2) is 0 Å². The molecule has 2 fully saturated rings. The molecule has 2 N–H and O–H groups in total. The van der Waals surface area contributed by atoms with Gasteiger partial charge in [0, 0.05) is 0 Å². The summed E-state index contributed by atoms with van der Waals surface area (Å²) < 4.78 is 6.06. The average Bonchev–Trinajstić information content (AvgIpc) is 2.85. The van der Waals surface area contributed by atoms with Gasteiger partial charge < -0.3 is 10.5 Å². The molecule has 0 aromatic heterocycles. The van der Waals surface area contributed by atoms with E-state index in [-0.39, 0.29) is 5.91 Å². The van der Waals surface area contributed by atoms with E-state index in [0.29, 0.717) is 18.1 Å². The minimum absolute atomic E-state index is 0.226. The van der Waals surface area contributed by atoms with Gasteiger partial charge in [0.1, 0.15) is 0 Å². The van der Waals surface area contributed by atoms with Crippen LogP contribution in [0.3, 0.4) is 0 Å². The maximum atomic E-state index is 11.0. The van der Waals surface area contributed by atoms with E-state index >= 15 is 0 Å². The first-order valence-corrected chi connectivity index (χ1v) is 7.81. The van der Waals surface area contributed by atoms with Gasteiger partial charge in [-0.1, -0.05) is 30.3 Å². The van der Waals surface area contributed by atoms with Gasteiger partial charge in [-0.25, -0.2) is 0 Å². The van der Waals surface area contributed by atoms with E-state index in [0.717, 1.165) is 45.4 Å². The lowest BCUT2D eigenvalue weighted by Crippen LogP contribution is -2.44. The molecule has 1 aromatic carbocycles. The number of nitrogens with two attached hydrogens (primary N) is 1. The second-order valence-corrected chi connectivity index (χ2v) is 6.57. The smallest absolute Gasteiger partial charge is 0.231 e. The summed E-state index contributed by atoms with van der Waals surface area (Å²) in [5.74, 6) is -0.226. The Kier molecular flexibility index (Phi) is 4.27. The van der Waals surface area contributed by atoms with Gasteiger partial charge in [-0.3, -0.25) is 9.69 Å². The van der Waals surface area contributed by atoms with Gasteiger partial charge in [-0.05, 0) is 49.8 Å². The number of amides is 1. The van der Waals surface area contributed by atoms with E-state index in [1.165, 1.54) is 5.56 Å². The molecule has 2 aliphatic heterocycles. The Morgan fingerprint density at radius 2 is 2.00 bits per heavy atom. The lowest BCUT2D eigenvalue weighted by molar-refractivity contribution is -0.119. The zero-order chi connectivity index (χ0) is 14.7. The highest BCUT2D eigenvalue weighted by Gasteiger charge is 2.42. The summed E-state index contributed by atoms with van der Waals surface area (Å²) in [6.07, 6.45) is 4.73. The molecule has 114 valence electrons. The number of carbonyl (C=O) groups excluding carboxylic acids is 1. The summed E-state index contributed by atoms with van der Waals surface area (Å²) in [7, 11) is 0. The second-order valence-electron chi connectivity index (χ2n) is 6.57. The molecule has 21 heavy (non-hydrogen) atoms. The van der Waals surface area contributed by atoms with Crippen LogP contribution in [0.4, 0.5) is 0 Å². The molecule has 2 saturated heterocycles. The van der Waals surface area contributed by atoms with E-state index < -0.39 is 0 Å². The van der Waals surface area contributed by atoms with Crippen LogP contribution < -0.4 is 5.73 Å². The maximum Gasteiger partial charge on any atom is 0.231 e. The number of ether oxygens (including phenoxy) is 1. The Labute approximate surface area is 126 Å². The van der Waals surface area contributed by atoms with Crippen LogP contribution in [0.15, 0.2) is 30.3 Å². The number of likely N-dealkylation sites (tertiary alicyclic amines) is 1. The lowest BCUT2D eigenvalue weighted by Gasteiger charge is -2.37. The summed E-state index contributed by atoms with van der Waals surface area (Å²) in [6.45, 7) is 3.19. The summed E-state index contributed by atoms with van der Waals surface area (Å²) in [5.41, 5.74) is 6.95. The Bertz CT molecular complexity index is 481. The lowest BCUT2D eigenvalue weighted by atomic mass is 9.76. The molecule has 4 nitrogen and oxygen atoms in total. The van der Waals surface area contributed by atoms with Gasteiger partial charge in [-0.15, -0.1) is 0 Å². The van der Waals surface area contributed by atoms with Crippen LogP contribution in [0.25, 0.3) is 0 Å². The highest BCUT2D eigenvalue weighted by atomic mass is 16.5. The summed E-state index contributed by atoms with van der Waals surface area (Å²) in [6, 6.07) is 10.6. The predicted octanol–water partition coefficient (Wildman–Crippen LogP) is 1.59. The van der Waals surface area contributed by atoms with Crippen molar-refractivity contribution in [2.24, 2.45) is 11.1 Å². The highest BCUT2D eigenvalue weighted by Crippen LogP contribution is 2.42. The number of primary amides is 1. The zero-order valence-electron chi connectivity index (χ0n) is 12.5. The molecule has 0 bridgehead atoms. The van der Waals surface area contributed by atoms with Crippen molar-refractivity contribution in [1.82, 2.24) is 4.90 Å². The molecule has 1 amide bonds. The van der Waals surface area contributed by atoms with E-state index in [2.05, 4.69) is 35.2 Å². The molecule has 1 spiro atoms. The fraction of sp³-hybridized carbons (Fsp3) is 0.588. The average molecular weight is 288 g/mol. The molecular weight excluding hydrogens is 264 g/mol. The van der Waals surface area contributed by atoms with Crippen molar-refractivity contribution < 1.29 is 9.53 Å². The highest BCUT2D eigenvalue weighted by molar-refractivity contribution is 5.75. The monoisotopic (exact) mass is 288 g/mol. The molecule has 4 heteroatoms. The van der Waals surface area contributed by atoms with Crippen molar-refractivity contribution in [2.75, 3.05) is 26.2 Å². The zero-order valence-corrected chi connectivity index (χ0v) is 12.5. The molecule has 0 aliphatic carbocycles. The molecule has 1 atom stereocenters. The SMILES string of the molecule is NC(=O)CN1CCC2(CC1)COC(Cc1ccccc1)C2. The van der Waals surface area contributed by atoms with Gasteiger partial charge in [0.2, 0.25) is 5.91 Å². The Hall–Kier alpha value is -1.39. The summed E-state index contributed by atoms with van der Waals surface area (Å²) >= 11 is 0. The minimum atomic E-state index is -0.226. The number of piperidine rings is 1. The molecule has 0 radical (unpaired) electrons. The van der Waals surface area contributed by atoms with Crippen molar-refractivity contribution in [1.29, 1.82) is 0 Å². The molecule has 2 aliphatic rings. The van der Waals surface area contributed by atoms with Crippen LogP contribution in [0.1, 0.15) is 24.8 Å². The van der Waals surface area contributed by atoms with Crippen molar-refractivity contribution in [3.8, 4) is 0 Å². The molecule has 2 heterocycles. The first-order valence-electron chi connectivity index (χ1n) is 7.81. The van der Waals surface area contributed by atoms with Crippen LogP contribution in [0, 0.1) is 5.41 Å². The quantitative estimate of drug-likeness (QED) is 0.915. The van der Waals surface area contributed by atoms with Gasteiger partial charge in [0.25, 0.3) is 0 Å². The Morgan fingerprint density at radius 3 is 2.67 bits per heavy atom.